The van der Waals surface area contributed by atoms with Crippen LogP contribution in [0.3, 0.4) is 0 Å². The Morgan fingerprint density at radius 3 is 1.92 bits per heavy atom. The highest BCUT2D eigenvalue weighted by atomic mass is 31.2. The third-order valence-corrected chi connectivity index (χ3v) is 1.30. The summed E-state index contributed by atoms with van der Waals surface area (Å²) in [6, 6.07) is 2.01. The van der Waals surface area contributed by atoms with Crippen molar-refractivity contribution in [3.63, 3.8) is 0 Å². The third-order valence-electron chi connectivity index (χ3n) is 1.30. The Balaban J connectivity index is 0.000000252. The van der Waals surface area contributed by atoms with E-state index in [4.69, 9.17) is 19.2 Å². The zero-order valence-electron chi connectivity index (χ0n) is 7.38. The lowest BCUT2D eigenvalue weighted by Gasteiger charge is -1.92. The van der Waals surface area contributed by atoms with Crippen molar-refractivity contribution < 1.29 is 19.2 Å². The molecular formula is C7H12NO4P. The van der Waals surface area contributed by atoms with Crippen LogP contribution >= 0.6 is 7.82 Å². The Kier molecular flexibility index (Phi) is 4.80. The van der Waals surface area contributed by atoms with E-state index in [1.807, 2.05) is 18.5 Å². The standard InChI is InChI=1S/C7H9N.H3O4P/c1-6-3-4-8-5-7(6)2;1-5(2,3)4/h3-5H,1-2H3;(H3,1,2,3,4). The maximum atomic E-state index is 8.88. The minimum Gasteiger partial charge on any atom is -0.303 e. The van der Waals surface area contributed by atoms with E-state index < -0.39 is 7.82 Å². The van der Waals surface area contributed by atoms with Crippen molar-refractivity contribution in [2.24, 2.45) is 0 Å². The molecule has 5 nitrogen and oxygen atoms in total. The van der Waals surface area contributed by atoms with E-state index in [0.717, 1.165) is 0 Å². The highest BCUT2D eigenvalue weighted by Gasteiger charge is 2.00. The summed E-state index contributed by atoms with van der Waals surface area (Å²) in [5.41, 5.74) is 2.56. The minimum atomic E-state index is -4.64. The van der Waals surface area contributed by atoms with Gasteiger partial charge in [-0.3, -0.25) is 4.98 Å². The highest BCUT2D eigenvalue weighted by Crippen LogP contribution is 2.25. The minimum absolute atomic E-state index is 1.26. The molecule has 0 fully saturated rings. The lowest BCUT2D eigenvalue weighted by atomic mass is 10.2. The number of nitrogens with zero attached hydrogens (tertiary/aromatic N) is 1. The van der Waals surface area contributed by atoms with E-state index in [1.54, 1.807) is 0 Å². The van der Waals surface area contributed by atoms with Crippen LogP contribution in [0.4, 0.5) is 0 Å². The van der Waals surface area contributed by atoms with Gasteiger partial charge < -0.3 is 14.7 Å². The van der Waals surface area contributed by atoms with Crippen molar-refractivity contribution in [2.75, 3.05) is 0 Å². The van der Waals surface area contributed by atoms with Crippen LogP contribution in [0, 0.1) is 13.8 Å². The predicted molar refractivity (Wildman–Crippen MR) is 48.0 cm³/mol. The van der Waals surface area contributed by atoms with Gasteiger partial charge in [0.2, 0.25) is 0 Å². The first-order valence-corrected chi connectivity index (χ1v) is 5.02. The van der Waals surface area contributed by atoms with Crippen molar-refractivity contribution in [3.05, 3.63) is 29.6 Å². The summed E-state index contributed by atoms with van der Waals surface area (Å²) in [7, 11) is -4.64. The van der Waals surface area contributed by atoms with Gasteiger partial charge in [-0.2, -0.15) is 0 Å². The molecule has 0 saturated carbocycles. The maximum Gasteiger partial charge on any atom is 0.466 e. The van der Waals surface area contributed by atoms with E-state index in [2.05, 4.69) is 18.8 Å². The van der Waals surface area contributed by atoms with Crippen LogP contribution in [-0.2, 0) is 4.57 Å². The second-order valence-corrected chi connectivity index (χ2v) is 3.50. The number of hydrogen-bond acceptors (Lipinski definition) is 2. The van der Waals surface area contributed by atoms with Crippen molar-refractivity contribution in [1.82, 2.24) is 4.98 Å². The SMILES string of the molecule is Cc1ccncc1C.O=P(O)(O)O. The second kappa shape index (κ2) is 5.09. The van der Waals surface area contributed by atoms with Gasteiger partial charge >= 0.3 is 7.82 Å². The molecule has 1 aromatic heterocycles. The quantitative estimate of drug-likeness (QED) is 0.544. The number of hydrogen-bond donors (Lipinski definition) is 3. The smallest absolute Gasteiger partial charge is 0.303 e. The average Bonchev–Trinajstić information content (AvgIpc) is 1.92. The summed E-state index contributed by atoms with van der Waals surface area (Å²) in [4.78, 5) is 25.5. The fourth-order valence-electron chi connectivity index (χ4n) is 0.543. The molecule has 1 heterocycles. The molecule has 0 aliphatic carbocycles. The third kappa shape index (κ3) is 9.17. The Hall–Kier alpha value is -0.740. The molecule has 6 heteroatoms. The van der Waals surface area contributed by atoms with Gasteiger partial charge in [0.15, 0.2) is 0 Å². The van der Waals surface area contributed by atoms with Crippen molar-refractivity contribution >= 4 is 7.82 Å². The molecule has 1 rings (SSSR count). The first-order valence-electron chi connectivity index (χ1n) is 3.46. The molecule has 3 N–H and O–H groups in total. The molecule has 13 heavy (non-hydrogen) atoms. The maximum absolute atomic E-state index is 8.88. The molecule has 0 aromatic carbocycles. The Morgan fingerprint density at radius 1 is 1.23 bits per heavy atom. The number of phosphoric acid groups is 1. The second-order valence-electron chi connectivity index (χ2n) is 2.47. The molecule has 0 aliphatic heterocycles. The van der Waals surface area contributed by atoms with Crippen LogP contribution < -0.4 is 0 Å². The largest absolute Gasteiger partial charge is 0.466 e. The van der Waals surface area contributed by atoms with Gasteiger partial charge in [-0.15, -0.1) is 0 Å². The summed E-state index contributed by atoms with van der Waals surface area (Å²) >= 11 is 0. The number of aromatic nitrogens is 1. The van der Waals surface area contributed by atoms with Gasteiger partial charge in [-0.25, -0.2) is 4.57 Å². The van der Waals surface area contributed by atoms with Crippen LogP contribution in [0.2, 0.25) is 0 Å². The Labute approximate surface area is 76.3 Å². The fourth-order valence-corrected chi connectivity index (χ4v) is 0.543. The molecule has 0 unspecified atom stereocenters. The normalized spacial score (nSPS) is 10.2. The van der Waals surface area contributed by atoms with E-state index in [-0.39, 0.29) is 0 Å². The van der Waals surface area contributed by atoms with Crippen molar-refractivity contribution in [1.29, 1.82) is 0 Å². The van der Waals surface area contributed by atoms with Gasteiger partial charge in [-0.05, 0) is 31.0 Å². The molecular weight excluding hydrogens is 193 g/mol. The van der Waals surface area contributed by atoms with Gasteiger partial charge in [-0.1, -0.05) is 0 Å². The molecule has 0 saturated heterocycles. The summed E-state index contributed by atoms with van der Waals surface area (Å²) in [5.74, 6) is 0. The number of rotatable bonds is 0. The number of pyridine rings is 1. The summed E-state index contributed by atoms with van der Waals surface area (Å²) < 4.78 is 8.88. The van der Waals surface area contributed by atoms with Gasteiger partial charge in [0.05, 0.1) is 0 Å². The van der Waals surface area contributed by atoms with Crippen LogP contribution in [0.15, 0.2) is 18.5 Å². The molecule has 0 amide bonds. The van der Waals surface area contributed by atoms with E-state index >= 15 is 0 Å². The predicted octanol–water partition coefficient (Wildman–Crippen LogP) is 0.770. The van der Waals surface area contributed by atoms with Crippen LogP contribution in [0.25, 0.3) is 0 Å². The van der Waals surface area contributed by atoms with E-state index in [9.17, 15) is 0 Å². The molecule has 0 bridgehead atoms. The summed E-state index contributed by atoms with van der Waals surface area (Å²) in [6.45, 7) is 4.14. The topological polar surface area (TPSA) is 90.7 Å². The Bertz CT molecular complexity index is 280. The monoisotopic (exact) mass is 205 g/mol. The van der Waals surface area contributed by atoms with Gasteiger partial charge in [0.1, 0.15) is 0 Å². The molecule has 0 spiro atoms. The molecule has 0 aliphatic rings. The van der Waals surface area contributed by atoms with Crippen LogP contribution in [-0.4, -0.2) is 19.7 Å². The lowest BCUT2D eigenvalue weighted by molar-refractivity contribution is 0.275. The lowest BCUT2D eigenvalue weighted by Crippen LogP contribution is -1.78. The van der Waals surface area contributed by atoms with Gasteiger partial charge in [0.25, 0.3) is 0 Å². The average molecular weight is 205 g/mol. The summed E-state index contributed by atoms with van der Waals surface area (Å²) in [5, 5.41) is 0. The Morgan fingerprint density at radius 2 is 1.69 bits per heavy atom. The molecule has 1 aromatic rings. The van der Waals surface area contributed by atoms with Crippen LogP contribution in [0.1, 0.15) is 11.1 Å². The number of aryl methyl sites for hydroxylation is 2. The zero-order chi connectivity index (χ0) is 10.5. The first-order chi connectivity index (χ1) is 5.80. The van der Waals surface area contributed by atoms with E-state index in [0.29, 0.717) is 0 Å². The fraction of sp³-hybridized carbons (Fsp3) is 0.286. The van der Waals surface area contributed by atoms with Crippen molar-refractivity contribution in [2.45, 2.75) is 13.8 Å². The first kappa shape index (κ1) is 12.3. The van der Waals surface area contributed by atoms with Gasteiger partial charge in [0, 0.05) is 12.4 Å². The van der Waals surface area contributed by atoms with E-state index in [1.165, 1.54) is 11.1 Å². The highest BCUT2D eigenvalue weighted by molar-refractivity contribution is 7.45. The van der Waals surface area contributed by atoms with Crippen LogP contribution in [0.5, 0.6) is 0 Å². The summed E-state index contributed by atoms with van der Waals surface area (Å²) in [6.07, 6.45) is 3.68. The van der Waals surface area contributed by atoms with Crippen molar-refractivity contribution in [3.8, 4) is 0 Å². The molecule has 74 valence electrons. The molecule has 0 atom stereocenters. The molecule has 0 radical (unpaired) electrons. The zero-order valence-corrected chi connectivity index (χ0v) is 8.27.